The lowest BCUT2D eigenvalue weighted by atomic mass is 10.2. The summed E-state index contributed by atoms with van der Waals surface area (Å²) in [4.78, 5) is 16.9. The van der Waals surface area contributed by atoms with E-state index in [4.69, 9.17) is 0 Å². The first-order valence-corrected chi connectivity index (χ1v) is 5.62. The highest BCUT2D eigenvalue weighted by atomic mass is 19.4. The lowest BCUT2D eigenvalue weighted by Gasteiger charge is -2.14. The standard InChI is InChI=1S/C10H9F3N6O2/c1-5(9-15-4-16-18-9)17-6-2-8(10(11,12)13)14-3-7(6)19(20)21/h2-5H,1H3,(H,14,17)(H,15,16,18). The molecule has 0 saturated carbocycles. The fourth-order valence-electron chi connectivity index (χ4n) is 1.59. The highest BCUT2D eigenvalue weighted by Gasteiger charge is 2.34. The molecule has 0 fully saturated rings. The van der Waals surface area contributed by atoms with Gasteiger partial charge in [-0.2, -0.15) is 18.3 Å². The number of nitrogens with one attached hydrogen (secondary N) is 2. The molecule has 112 valence electrons. The van der Waals surface area contributed by atoms with E-state index in [2.05, 4.69) is 25.5 Å². The maximum Gasteiger partial charge on any atom is 0.433 e. The van der Waals surface area contributed by atoms with E-state index >= 15 is 0 Å². The lowest BCUT2D eigenvalue weighted by molar-refractivity contribution is -0.384. The molecule has 2 aromatic heterocycles. The van der Waals surface area contributed by atoms with E-state index in [1.807, 2.05) is 0 Å². The van der Waals surface area contributed by atoms with Gasteiger partial charge in [-0.3, -0.25) is 15.2 Å². The van der Waals surface area contributed by atoms with Crippen LogP contribution in [0.2, 0.25) is 0 Å². The molecule has 2 N–H and O–H groups in total. The number of hydrogen-bond acceptors (Lipinski definition) is 6. The molecular formula is C10H9F3N6O2. The van der Waals surface area contributed by atoms with Crippen LogP contribution in [0.3, 0.4) is 0 Å². The van der Waals surface area contributed by atoms with E-state index in [1.165, 1.54) is 6.33 Å². The van der Waals surface area contributed by atoms with Crippen LogP contribution in [0.25, 0.3) is 0 Å². The fourth-order valence-corrected chi connectivity index (χ4v) is 1.59. The zero-order chi connectivity index (χ0) is 15.6. The summed E-state index contributed by atoms with van der Waals surface area (Å²) < 4.78 is 37.9. The van der Waals surface area contributed by atoms with Crippen molar-refractivity contribution in [1.29, 1.82) is 0 Å². The molecule has 2 aromatic rings. The third kappa shape index (κ3) is 3.24. The van der Waals surface area contributed by atoms with Gasteiger partial charge in [-0.15, -0.1) is 0 Å². The molecule has 2 heterocycles. The van der Waals surface area contributed by atoms with Crippen molar-refractivity contribution >= 4 is 11.4 Å². The summed E-state index contributed by atoms with van der Waals surface area (Å²) >= 11 is 0. The summed E-state index contributed by atoms with van der Waals surface area (Å²) in [7, 11) is 0. The molecule has 0 aliphatic rings. The number of pyridine rings is 1. The largest absolute Gasteiger partial charge is 0.433 e. The van der Waals surface area contributed by atoms with Gasteiger partial charge >= 0.3 is 11.9 Å². The fraction of sp³-hybridized carbons (Fsp3) is 0.300. The van der Waals surface area contributed by atoms with Crippen LogP contribution < -0.4 is 5.32 Å². The number of anilines is 1. The summed E-state index contributed by atoms with van der Waals surface area (Å²) in [6.07, 6.45) is -2.91. The van der Waals surface area contributed by atoms with Gasteiger partial charge < -0.3 is 5.32 Å². The third-order valence-electron chi connectivity index (χ3n) is 2.59. The molecule has 8 nitrogen and oxygen atoms in total. The normalized spacial score (nSPS) is 13.0. The van der Waals surface area contributed by atoms with Crippen molar-refractivity contribution in [2.45, 2.75) is 19.1 Å². The van der Waals surface area contributed by atoms with E-state index in [1.54, 1.807) is 6.92 Å². The van der Waals surface area contributed by atoms with Crippen molar-refractivity contribution in [2.24, 2.45) is 0 Å². The Morgan fingerprint density at radius 1 is 1.43 bits per heavy atom. The van der Waals surface area contributed by atoms with E-state index < -0.39 is 28.5 Å². The minimum absolute atomic E-state index is 0.300. The quantitative estimate of drug-likeness (QED) is 0.662. The van der Waals surface area contributed by atoms with E-state index in [0.29, 0.717) is 18.1 Å². The number of rotatable bonds is 4. The maximum absolute atomic E-state index is 12.6. The average Bonchev–Trinajstić information content (AvgIpc) is 2.91. The van der Waals surface area contributed by atoms with Crippen LogP contribution in [0, 0.1) is 10.1 Å². The van der Waals surface area contributed by atoms with Crippen LogP contribution in [-0.4, -0.2) is 25.1 Å². The van der Waals surface area contributed by atoms with Gasteiger partial charge in [0.15, 0.2) is 0 Å². The Hall–Kier alpha value is -2.72. The van der Waals surface area contributed by atoms with Gasteiger partial charge in [0.25, 0.3) is 0 Å². The Morgan fingerprint density at radius 2 is 2.14 bits per heavy atom. The van der Waals surface area contributed by atoms with Gasteiger partial charge in [0.1, 0.15) is 29.7 Å². The van der Waals surface area contributed by atoms with Gasteiger partial charge in [-0.1, -0.05) is 0 Å². The Labute approximate surface area is 115 Å². The van der Waals surface area contributed by atoms with Crippen molar-refractivity contribution in [2.75, 3.05) is 5.32 Å². The summed E-state index contributed by atoms with van der Waals surface area (Å²) in [6, 6.07) is -0.0138. The molecule has 2 rings (SSSR count). The number of aromatic amines is 1. The SMILES string of the molecule is CC(Nc1cc(C(F)(F)F)ncc1[N+](=O)[O-])c1ncn[nH]1. The van der Waals surface area contributed by atoms with Gasteiger partial charge in [0, 0.05) is 0 Å². The van der Waals surface area contributed by atoms with E-state index in [9.17, 15) is 23.3 Å². The third-order valence-corrected chi connectivity index (χ3v) is 2.59. The average molecular weight is 302 g/mol. The Bertz CT molecular complexity index is 643. The van der Waals surface area contributed by atoms with Crippen LogP contribution in [0.4, 0.5) is 24.5 Å². The van der Waals surface area contributed by atoms with Crippen molar-refractivity contribution in [3.05, 3.63) is 40.2 Å². The summed E-state index contributed by atoms with van der Waals surface area (Å²) in [6.45, 7) is 1.57. The number of nitrogens with zero attached hydrogens (tertiary/aromatic N) is 4. The van der Waals surface area contributed by atoms with E-state index in [-0.39, 0.29) is 5.69 Å². The molecule has 1 unspecified atom stereocenters. The number of H-pyrrole nitrogens is 1. The predicted octanol–water partition coefficient (Wildman–Crippen LogP) is 2.30. The molecule has 0 aliphatic carbocycles. The second kappa shape index (κ2) is 5.34. The van der Waals surface area contributed by atoms with Crippen LogP contribution >= 0.6 is 0 Å². The predicted molar refractivity (Wildman–Crippen MR) is 64.3 cm³/mol. The topological polar surface area (TPSA) is 110 Å². The minimum Gasteiger partial charge on any atom is -0.370 e. The minimum atomic E-state index is -4.69. The summed E-state index contributed by atoms with van der Waals surface area (Å²) in [5.41, 5.74) is -2.08. The van der Waals surface area contributed by atoms with E-state index in [0.717, 1.165) is 0 Å². The molecule has 0 bridgehead atoms. The van der Waals surface area contributed by atoms with Crippen molar-refractivity contribution in [1.82, 2.24) is 20.2 Å². The molecule has 0 saturated heterocycles. The molecule has 0 aromatic carbocycles. The molecule has 0 spiro atoms. The maximum atomic E-state index is 12.6. The number of aromatic nitrogens is 4. The zero-order valence-electron chi connectivity index (χ0n) is 10.5. The van der Waals surface area contributed by atoms with Gasteiger partial charge in [0.05, 0.1) is 11.0 Å². The molecule has 11 heteroatoms. The molecule has 0 amide bonds. The van der Waals surface area contributed by atoms with Crippen molar-refractivity contribution in [3.63, 3.8) is 0 Å². The number of halogens is 3. The Kier molecular flexibility index (Phi) is 3.74. The first-order chi connectivity index (χ1) is 9.79. The van der Waals surface area contributed by atoms with Gasteiger partial charge in [-0.05, 0) is 13.0 Å². The molecule has 0 aliphatic heterocycles. The first kappa shape index (κ1) is 14.7. The van der Waals surface area contributed by atoms with Crippen LogP contribution in [0.5, 0.6) is 0 Å². The lowest BCUT2D eigenvalue weighted by Crippen LogP contribution is -2.13. The van der Waals surface area contributed by atoms with Gasteiger partial charge in [-0.25, -0.2) is 9.97 Å². The Balaban J connectivity index is 2.37. The summed E-state index contributed by atoms with van der Waals surface area (Å²) in [5, 5.41) is 19.6. The molecular weight excluding hydrogens is 293 g/mol. The van der Waals surface area contributed by atoms with Crippen LogP contribution in [0.1, 0.15) is 24.5 Å². The monoisotopic (exact) mass is 302 g/mol. The smallest absolute Gasteiger partial charge is 0.370 e. The van der Waals surface area contributed by atoms with Crippen LogP contribution in [-0.2, 0) is 6.18 Å². The molecule has 1 atom stereocenters. The Morgan fingerprint density at radius 3 is 2.67 bits per heavy atom. The van der Waals surface area contributed by atoms with Crippen molar-refractivity contribution in [3.8, 4) is 0 Å². The highest BCUT2D eigenvalue weighted by Crippen LogP contribution is 2.34. The zero-order valence-corrected chi connectivity index (χ0v) is 10.5. The second-order valence-electron chi connectivity index (χ2n) is 4.08. The molecule has 0 radical (unpaired) electrons. The van der Waals surface area contributed by atoms with Crippen LogP contribution in [0.15, 0.2) is 18.6 Å². The number of alkyl halides is 3. The highest BCUT2D eigenvalue weighted by molar-refractivity contribution is 5.61. The van der Waals surface area contributed by atoms with Crippen molar-refractivity contribution < 1.29 is 18.1 Å². The first-order valence-electron chi connectivity index (χ1n) is 5.62. The molecule has 21 heavy (non-hydrogen) atoms. The number of hydrogen-bond donors (Lipinski definition) is 2. The second-order valence-corrected chi connectivity index (χ2v) is 4.08. The van der Waals surface area contributed by atoms with Gasteiger partial charge in [0.2, 0.25) is 0 Å². The summed E-state index contributed by atoms with van der Waals surface area (Å²) in [5.74, 6) is 0.328. The number of nitro groups is 1.